The topological polar surface area (TPSA) is 20.2 Å². The van der Waals surface area contributed by atoms with Gasteiger partial charge in [-0.3, -0.25) is 0 Å². The van der Waals surface area contributed by atoms with Crippen molar-refractivity contribution in [2.24, 2.45) is 0 Å². The molecule has 0 saturated carbocycles. The second-order valence-electron chi connectivity index (χ2n) is 3.60. The Morgan fingerprint density at radius 3 is 2.53 bits per heavy atom. The van der Waals surface area contributed by atoms with Crippen LogP contribution in [0.25, 0.3) is 0 Å². The molecule has 0 bridgehead atoms. The van der Waals surface area contributed by atoms with Crippen LogP contribution in [0.15, 0.2) is 46.9 Å². The predicted octanol–water partition coefficient (Wildman–Crippen LogP) is 4.32. The molecule has 0 aliphatic heterocycles. The Kier molecular flexibility index (Phi) is 3.82. The van der Waals surface area contributed by atoms with Gasteiger partial charge in [-0.1, -0.05) is 35.9 Å². The number of aliphatic hydroxyl groups is 1. The van der Waals surface area contributed by atoms with Gasteiger partial charge in [0.25, 0.3) is 0 Å². The van der Waals surface area contributed by atoms with Crippen molar-refractivity contribution in [1.82, 2.24) is 0 Å². The lowest BCUT2D eigenvalue weighted by molar-refractivity contribution is 0.220. The molecule has 1 atom stereocenters. The number of rotatable bonds is 2. The van der Waals surface area contributed by atoms with Crippen LogP contribution < -0.4 is 0 Å². The van der Waals surface area contributed by atoms with E-state index in [1.807, 2.05) is 0 Å². The maximum atomic E-state index is 13.1. The van der Waals surface area contributed by atoms with Crippen molar-refractivity contribution in [3.05, 3.63) is 68.9 Å². The van der Waals surface area contributed by atoms with Crippen LogP contribution in [0, 0.1) is 5.82 Å². The van der Waals surface area contributed by atoms with E-state index in [0.717, 1.165) is 0 Å². The van der Waals surface area contributed by atoms with Gasteiger partial charge in [-0.15, -0.1) is 0 Å². The van der Waals surface area contributed by atoms with E-state index in [0.29, 0.717) is 20.6 Å². The van der Waals surface area contributed by atoms with E-state index in [9.17, 15) is 9.50 Å². The molecule has 1 nitrogen and oxygen atoms in total. The highest BCUT2D eigenvalue weighted by Crippen LogP contribution is 2.30. The summed E-state index contributed by atoms with van der Waals surface area (Å²) in [6.45, 7) is 0. The van der Waals surface area contributed by atoms with Gasteiger partial charge in [0.1, 0.15) is 11.9 Å². The number of halogens is 3. The summed E-state index contributed by atoms with van der Waals surface area (Å²) >= 11 is 9.08. The lowest BCUT2D eigenvalue weighted by Gasteiger charge is -2.13. The fraction of sp³-hybridized carbons (Fsp3) is 0.0769. The normalized spacial score (nSPS) is 12.5. The molecule has 88 valence electrons. The Hall–Kier alpha value is -0.900. The summed E-state index contributed by atoms with van der Waals surface area (Å²) in [7, 11) is 0. The van der Waals surface area contributed by atoms with Crippen molar-refractivity contribution < 1.29 is 9.50 Å². The summed E-state index contributed by atoms with van der Waals surface area (Å²) in [4.78, 5) is 0. The molecule has 1 N–H and O–H groups in total. The van der Waals surface area contributed by atoms with Crippen molar-refractivity contribution in [1.29, 1.82) is 0 Å². The van der Waals surface area contributed by atoms with Crippen LogP contribution in [-0.2, 0) is 0 Å². The van der Waals surface area contributed by atoms with E-state index in [2.05, 4.69) is 15.9 Å². The summed E-state index contributed by atoms with van der Waals surface area (Å²) < 4.78 is 13.4. The van der Waals surface area contributed by atoms with E-state index >= 15 is 0 Å². The number of hydrogen-bond acceptors (Lipinski definition) is 1. The molecule has 2 aromatic rings. The van der Waals surface area contributed by atoms with Crippen LogP contribution >= 0.6 is 27.5 Å². The molecule has 1 unspecified atom stereocenters. The smallest absolute Gasteiger partial charge is 0.137 e. The molecule has 17 heavy (non-hydrogen) atoms. The predicted molar refractivity (Wildman–Crippen MR) is 69.6 cm³/mol. The summed E-state index contributed by atoms with van der Waals surface area (Å²) in [5.41, 5.74) is 1.19. The van der Waals surface area contributed by atoms with E-state index in [4.69, 9.17) is 11.6 Å². The lowest BCUT2D eigenvalue weighted by Crippen LogP contribution is -2.00. The van der Waals surface area contributed by atoms with Crippen molar-refractivity contribution in [3.63, 3.8) is 0 Å². The number of hydrogen-bond donors (Lipinski definition) is 1. The minimum Gasteiger partial charge on any atom is -0.384 e. The van der Waals surface area contributed by atoms with E-state index < -0.39 is 6.10 Å². The summed E-state index contributed by atoms with van der Waals surface area (Å²) in [6, 6.07) is 11.4. The van der Waals surface area contributed by atoms with Crippen LogP contribution in [0.2, 0.25) is 5.02 Å². The van der Waals surface area contributed by atoms with Gasteiger partial charge >= 0.3 is 0 Å². The molecule has 2 rings (SSSR count). The number of aliphatic hydroxyl groups excluding tert-OH is 1. The average molecular weight is 316 g/mol. The molecule has 0 radical (unpaired) electrons. The summed E-state index contributed by atoms with van der Waals surface area (Å²) in [5.74, 6) is -0.361. The van der Waals surface area contributed by atoms with E-state index in [-0.39, 0.29) is 5.82 Å². The first-order valence-corrected chi connectivity index (χ1v) is 6.14. The zero-order chi connectivity index (χ0) is 12.4. The molecule has 0 saturated heterocycles. The highest BCUT2D eigenvalue weighted by Gasteiger charge is 2.14. The Balaban J connectivity index is 2.40. The third-order valence-corrected chi connectivity index (χ3v) is 3.41. The van der Waals surface area contributed by atoms with Crippen LogP contribution in [-0.4, -0.2) is 5.11 Å². The molecule has 0 aliphatic carbocycles. The average Bonchev–Trinajstić information content (AvgIpc) is 2.32. The molecule has 0 spiro atoms. The van der Waals surface area contributed by atoms with Crippen LogP contribution in [0.5, 0.6) is 0 Å². The molecule has 0 aliphatic rings. The molecular formula is C13H9BrClFO. The van der Waals surface area contributed by atoms with Gasteiger partial charge in [0.15, 0.2) is 0 Å². The monoisotopic (exact) mass is 314 g/mol. The Morgan fingerprint density at radius 2 is 1.88 bits per heavy atom. The number of benzene rings is 2. The fourth-order valence-corrected chi connectivity index (χ4v) is 2.19. The third kappa shape index (κ3) is 2.68. The standard InChI is InChI=1S/C13H9BrClFO/c14-10-7-8(5-6-12(10)16)13(17)9-3-1-2-4-11(9)15/h1-7,13,17H. The lowest BCUT2D eigenvalue weighted by atomic mass is 10.0. The zero-order valence-electron chi connectivity index (χ0n) is 8.70. The van der Waals surface area contributed by atoms with Crippen molar-refractivity contribution in [2.45, 2.75) is 6.10 Å². The summed E-state index contributed by atoms with van der Waals surface area (Å²) in [6.07, 6.45) is -0.861. The minimum absolute atomic E-state index is 0.320. The zero-order valence-corrected chi connectivity index (χ0v) is 11.0. The third-order valence-electron chi connectivity index (χ3n) is 2.46. The maximum absolute atomic E-state index is 13.1. The largest absolute Gasteiger partial charge is 0.384 e. The Bertz CT molecular complexity index is 545. The second kappa shape index (κ2) is 5.17. The maximum Gasteiger partial charge on any atom is 0.137 e. The van der Waals surface area contributed by atoms with Gasteiger partial charge < -0.3 is 5.11 Å². The van der Waals surface area contributed by atoms with Gasteiger partial charge in [0, 0.05) is 10.6 Å². The minimum atomic E-state index is -0.861. The second-order valence-corrected chi connectivity index (χ2v) is 4.86. The summed E-state index contributed by atoms with van der Waals surface area (Å²) in [5, 5.41) is 10.6. The molecule has 0 aromatic heterocycles. The van der Waals surface area contributed by atoms with Crippen molar-refractivity contribution >= 4 is 27.5 Å². The quantitative estimate of drug-likeness (QED) is 0.875. The van der Waals surface area contributed by atoms with Crippen molar-refractivity contribution in [2.75, 3.05) is 0 Å². The van der Waals surface area contributed by atoms with Gasteiger partial charge in [-0.2, -0.15) is 0 Å². The Labute approximate surface area is 112 Å². The van der Waals surface area contributed by atoms with Gasteiger partial charge in [0.2, 0.25) is 0 Å². The first-order valence-electron chi connectivity index (χ1n) is 4.97. The van der Waals surface area contributed by atoms with Crippen LogP contribution in [0.3, 0.4) is 0 Å². The highest BCUT2D eigenvalue weighted by molar-refractivity contribution is 9.10. The molecule has 0 amide bonds. The van der Waals surface area contributed by atoms with Gasteiger partial charge in [-0.05, 0) is 39.7 Å². The van der Waals surface area contributed by atoms with E-state index in [1.54, 1.807) is 30.3 Å². The van der Waals surface area contributed by atoms with Gasteiger partial charge in [-0.25, -0.2) is 4.39 Å². The van der Waals surface area contributed by atoms with E-state index in [1.165, 1.54) is 12.1 Å². The molecule has 2 aromatic carbocycles. The SMILES string of the molecule is OC(c1ccc(F)c(Br)c1)c1ccccc1Cl. The van der Waals surface area contributed by atoms with Crippen molar-refractivity contribution in [3.8, 4) is 0 Å². The Morgan fingerprint density at radius 1 is 1.18 bits per heavy atom. The molecule has 0 heterocycles. The first kappa shape index (κ1) is 12.6. The first-order chi connectivity index (χ1) is 8.09. The highest BCUT2D eigenvalue weighted by atomic mass is 79.9. The molecule has 4 heteroatoms. The fourth-order valence-electron chi connectivity index (χ4n) is 1.56. The van der Waals surface area contributed by atoms with Crippen LogP contribution in [0.4, 0.5) is 4.39 Å². The molecule has 0 fully saturated rings. The van der Waals surface area contributed by atoms with Crippen LogP contribution in [0.1, 0.15) is 17.2 Å². The van der Waals surface area contributed by atoms with Gasteiger partial charge in [0.05, 0.1) is 4.47 Å². The molecular weight excluding hydrogens is 306 g/mol.